The first kappa shape index (κ1) is 43.5. The van der Waals surface area contributed by atoms with Crippen LogP contribution in [-0.4, -0.2) is 0 Å². The van der Waals surface area contributed by atoms with E-state index in [4.69, 9.17) is 0 Å². The molecule has 2 heteroatoms. The summed E-state index contributed by atoms with van der Waals surface area (Å²) in [5, 5.41) is 11.4. The number of hydrogen-bond acceptors (Lipinski definition) is 0. The molecule has 0 N–H and O–H groups in total. The van der Waals surface area contributed by atoms with Crippen LogP contribution < -0.4 is 42.4 Å². The van der Waals surface area contributed by atoms with Crippen LogP contribution in [0.2, 0.25) is 0 Å². The van der Waals surface area contributed by atoms with Crippen molar-refractivity contribution in [1.29, 1.82) is 0 Å². The molecular weight excluding hydrogens is 759 g/mol. The van der Waals surface area contributed by atoms with Gasteiger partial charge in [-0.1, -0.05) is 0 Å². The van der Waals surface area contributed by atoms with Crippen molar-refractivity contribution < 1.29 is 0 Å². The van der Waals surface area contributed by atoms with Gasteiger partial charge in [-0.2, -0.15) is 0 Å². The molecule has 0 heterocycles. The Balaban J connectivity index is 1.79. The van der Waals surface area contributed by atoms with E-state index in [0.717, 1.165) is 0 Å². The summed E-state index contributed by atoms with van der Waals surface area (Å²) in [6, 6.07) is 71.4. The molecule has 0 aliphatic rings. The van der Waals surface area contributed by atoms with Gasteiger partial charge >= 0.3 is 366 Å². The normalized spacial score (nSPS) is 13.5. The van der Waals surface area contributed by atoms with E-state index in [1.807, 2.05) is 0 Å². The Kier molecular flexibility index (Phi) is 11.9. The molecule has 0 amide bonds. The van der Waals surface area contributed by atoms with Gasteiger partial charge in [-0.05, 0) is 0 Å². The fourth-order valence-electron chi connectivity index (χ4n) is 9.24. The summed E-state index contributed by atoms with van der Waals surface area (Å²) in [6.45, 7) is 28.5. The molecule has 60 heavy (non-hydrogen) atoms. The molecule has 7 aromatic rings. The molecule has 0 saturated carbocycles. The van der Waals surface area contributed by atoms with Crippen LogP contribution in [0.1, 0.15) is 105 Å². The molecule has 0 bridgehead atoms. The maximum atomic E-state index is 2.60. The van der Waals surface area contributed by atoms with Crippen LogP contribution >= 0.6 is 14.5 Å². The summed E-state index contributed by atoms with van der Waals surface area (Å²) in [5.41, 5.74) is 5.33. The molecule has 0 saturated heterocycles. The van der Waals surface area contributed by atoms with Crippen LogP contribution in [0, 0.1) is 0 Å². The zero-order valence-corrected chi connectivity index (χ0v) is 40.3. The first-order valence-corrected chi connectivity index (χ1v) is 25.9. The van der Waals surface area contributed by atoms with Crippen molar-refractivity contribution >= 4 is 57.0 Å². The minimum atomic E-state index is -3.14. The van der Waals surface area contributed by atoms with Gasteiger partial charge in [0.15, 0.2) is 0 Å². The Bertz CT molecular complexity index is 2220. The Morgan fingerprint density at radius 2 is 0.433 bits per heavy atom. The summed E-state index contributed by atoms with van der Waals surface area (Å²) < 4.78 is 0. The average molecular weight is 827 g/mol. The van der Waals surface area contributed by atoms with E-state index in [-0.39, 0.29) is 21.7 Å². The van der Waals surface area contributed by atoms with Crippen LogP contribution in [0.25, 0.3) is 0 Å². The van der Waals surface area contributed by atoms with E-state index in [2.05, 4.69) is 265 Å². The van der Waals surface area contributed by atoms with Gasteiger partial charge in [-0.3, -0.25) is 0 Å². The molecule has 0 aromatic heterocycles. The monoisotopic (exact) mass is 826 g/mol. The third-order valence-corrected chi connectivity index (χ3v) is 22.6. The van der Waals surface area contributed by atoms with Crippen molar-refractivity contribution in [1.82, 2.24) is 0 Å². The maximum absolute atomic E-state index is 3.14. The Morgan fingerprint density at radius 3 is 0.633 bits per heavy atom. The van der Waals surface area contributed by atoms with Crippen molar-refractivity contribution in [2.24, 2.45) is 0 Å². The molecular formula is C58H68P2. The van der Waals surface area contributed by atoms with E-state index in [0.29, 0.717) is 0 Å². The molecule has 7 rings (SSSR count). The number of benzene rings is 7. The summed E-state index contributed by atoms with van der Waals surface area (Å²) in [4.78, 5) is 0. The van der Waals surface area contributed by atoms with Crippen LogP contribution in [0.5, 0.6) is 0 Å². The quantitative estimate of drug-likeness (QED) is 0.134. The van der Waals surface area contributed by atoms with Gasteiger partial charge in [0.25, 0.3) is 0 Å². The molecule has 0 unspecified atom stereocenters. The first-order chi connectivity index (χ1) is 28.3. The van der Waals surface area contributed by atoms with E-state index in [9.17, 15) is 0 Å². The second kappa shape index (κ2) is 16.4. The van der Waals surface area contributed by atoms with Crippen LogP contribution in [-0.2, 0) is 21.7 Å². The summed E-state index contributed by atoms with van der Waals surface area (Å²) in [7, 11) is -6.28. The van der Waals surface area contributed by atoms with E-state index in [1.54, 1.807) is 0 Å². The van der Waals surface area contributed by atoms with Crippen LogP contribution in [0.15, 0.2) is 182 Å². The van der Waals surface area contributed by atoms with Crippen molar-refractivity contribution in [2.75, 3.05) is 0 Å². The molecule has 7 aromatic carbocycles. The summed E-state index contributed by atoms with van der Waals surface area (Å²) in [5.74, 6) is 0. The Morgan fingerprint density at radius 1 is 0.233 bits per heavy atom. The van der Waals surface area contributed by atoms with Crippen LogP contribution in [0.3, 0.4) is 0 Å². The Labute approximate surface area is 364 Å². The fourth-order valence-corrected chi connectivity index (χ4v) is 20.2. The van der Waals surface area contributed by atoms with Gasteiger partial charge in [0.05, 0.1) is 0 Å². The predicted molar refractivity (Wildman–Crippen MR) is 274 cm³/mol. The standard InChI is InChI=1S/C58H68P2/c1-55(2,3)43-37-44(56(4,5)6)40-51(39-43)59(47-27-17-13-18-28-47,48-29-19-14-20-30-48)53-35-25-26-36-54(53)60(49-31-21-15-22-32-49,50-33-23-16-24-34-50)52-41-45(57(7,8)9)38-46(42-52)58(10,11)12/h13-42,59-60H,1-12H3. The van der Waals surface area contributed by atoms with Crippen molar-refractivity contribution in [2.45, 2.75) is 105 Å². The van der Waals surface area contributed by atoms with Crippen molar-refractivity contribution in [3.8, 4) is 0 Å². The third-order valence-electron chi connectivity index (χ3n) is 12.8. The van der Waals surface area contributed by atoms with Gasteiger partial charge in [-0.25, -0.2) is 0 Å². The van der Waals surface area contributed by atoms with Crippen LogP contribution in [0.4, 0.5) is 0 Å². The summed E-state index contributed by atoms with van der Waals surface area (Å²) >= 11 is 0. The second-order valence-corrected chi connectivity index (χ2v) is 28.6. The number of hydrogen-bond donors (Lipinski definition) is 0. The first-order valence-electron chi connectivity index (χ1n) is 21.9. The molecule has 0 aliphatic heterocycles. The van der Waals surface area contributed by atoms with Gasteiger partial charge in [-0.15, -0.1) is 0 Å². The number of rotatable bonds is 8. The molecule has 0 fully saturated rings. The van der Waals surface area contributed by atoms with Crippen molar-refractivity contribution in [3.63, 3.8) is 0 Å². The zero-order valence-electron chi connectivity index (χ0n) is 38.3. The van der Waals surface area contributed by atoms with Crippen molar-refractivity contribution in [3.05, 3.63) is 204 Å². The molecule has 0 atom stereocenters. The average Bonchev–Trinajstić information content (AvgIpc) is 3.22. The van der Waals surface area contributed by atoms with E-state index >= 15 is 0 Å². The minimum absolute atomic E-state index is 0.0492. The third kappa shape index (κ3) is 8.12. The fraction of sp³-hybridized carbons (Fsp3) is 0.276. The van der Waals surface area contributed by atoms with E-state index in [1.165, 1.54) is 64.7 Å². The second-order valence-electron chi connectivity index (χ2n) is 21.1. The topological polar surface area (TPSA) is 0 Å². The van der Waals surface area contributed by atoms with Gasteiger partial charge in [0, 0.05) is 0 Å². The van der Waals surface area contributed by atoms with Gasteiger partial charge in [0.1, 0.15) is 0 Å². The van der Waals surface area contributed by atoms with Gasteiger partial charge in [0.2, 0.25) is 0 Å². The summed E-state index contributed by atoms with van der Waals surface area (Å²) in [6.07, 6.45) is 0. The van der Waals surface area contributed by atoms with Gasteiger partial charge < -0.3 is 0 Å². The molecule has 0 nitrogen and oxygen atoms in total. The van der Waals surface area contributed by atoms with E-state index < -0.39 is 14.5 Å². The predicted octanol–water partition coefficient (Wildman–Crippen LogP) is 11.6. The molecule has 0 radical (unpaired) electrons. The SMILES string of the molecule is CC(C)(C)c1cc(C(C)(C)C)cc([PH](c2ccccc2)(c2ccccc2)c2ccccc2[PH](c2ccccc2)(c2ccccc2)c2cc(C(C)(C)C)cc(C(C)(C)C)c2)c1. The Hall–Kier alpha value is -4.60. The molecule has 0 spiro atoms. The molecule has 310 valence electrons. The zero-order chi connectivity index (χ0) is 43.1. The molecule has 0 aliphatic carbocycles.